The van der Waals surface area contributed by atoms with Crippen molar-refractivity contribution in [3.05, 3.63) is 29.0 Å². The molecule has 19 heavy (non-hydrogen) atoms. The maximum atomic E-state index is 12.9. The molecule has 0 atom stereocenters. The number of anilines is 1. The van der Waals surface area contributed by atoms with Crippen molar-refractivity contribution in [2.45, 2.75) is 0 Å². The van der Waals surface area contributed by atoms with Gasteiger partial charge in [0.25, 0.3) is 0 Å². The number of carbonyl (C=O) groups excluding carboxylic acids is 1. The van der Waals surface area contributed by atoms with Crippen LogP contribution in [0.3, 0.4) is 0 Å². The largest absolute Gasteiger partial charge is 0.480 e. The molecule has 2 N–H and O–H groups in total. The Morgan fingerprint density at radius 1 is 1.53 bits per heavy atom. The third-order valence-electron chi connectivity index (χ3n) is 2.07. The lowest BCUT2D eigenvalue weighted by atomic mass is 10.3. The summed E-state index contributed by atoms with van der Waals surface area (Å²) in [5.41, 5.74) is 0.240. The maximum Gasteiger partial charge on any atom is 0.323 e. The van der Waals surface area contributed by atoms with Gasteiger partial charge in [-0.2, -0.15) is 0 Å². The Morgan fingerprint density at radius 3 is 2.74 bits per heavy atom. The number of amides is 2. The number of halogens is 2. The van der Waals surface area contributed by atoms with Gasteiger partial charge in [-0.05, 0) is 18.2 Å². The van der Waals surface area contributed by atoms with Crippen molar-refractivity contribution in [1.29, 1.82) is 0 Å². The second kappa shape index (κ2) is 6.61. The first-order valence-corrected chi connectivity index (χ1v) is 5.48. The quantitative estimate of drug-likeness (QED) is 0.831. The van der Waals surface area contributed by atoms with Gasteiger partial charge in [0.2, 0.25) is 0 Å². The van der Waals surface area contributed by atoms with Crippen LogP contribution in [0.15, 0.2) is 18.2 Å². The van der Waals surface area contributed by atoms with Crippen LogP contribution in [0.5, 0.6) is 0 Å². The number of rotatable bonds is 4. The van der Waals surface area contributed by atoms with E-state index in [0.717, 1.165) is 11.0 Å². The van der Waals surface area contributed by atoms with Crippen LogP contribution in [0.25, 0.3) is 0 Å². The number of terminal acetylenes is 1. The highest BCUT2D eigenvalue weighted by Gasteiger charge is 2.16. The van der Waals surface area contributed by atoms with Gasteiger partial charge in [0.15, 0.2) is 0 Å². The molecule has 1 aromatic rings. The number of nitrogens with zero attached hydrogens (tertiary/aromatic N) is 1. The van der Waals surface area contributed by atoms with Gasteiger partial charge in [-0.3, -0.25) is 4.79 Å². The summed E-state index contributed by atoms with van der Waals surface area (Å²) in [6.45, 7) is -0.696. The van der Waals surface area contributed by atoms with Crippen LogP contribution in [-0.4, -0.2) is 35.1 Å². The maximum absolute atomic E-state index is 12.9. The number of carboxylic acids is 1. The van der Waals surface area contributed by atoms with E-state index in [-0.39, 0.29) is 17.3 Å². The average molecular weight is 285 g/mol. The number of benzene rings is 1. The molecule has 0 spiro atoms. The number of carboxylic acid groups (broad SMARTS) is 1. The first-order valence-electron chi connectivity index (χ1n) is 5.10. The van der Waals surface area contributed by atoms with Crippen molar-refractivity contribution in [1.82, 2.24) is 4.90 Å². The summed E-state index contributed by atoms with van der Waals surface area (Å²) >= 11 is 5.56. The zero-order valence-electron chi connectivity index (χ0n) is 9.69. The SMILES string of the molecule is C#CCN(CC(=O)O)C(=O)Nc1ccc(F)c(Cl)c1. The van der Waals surface area contributed by atoms with Crippen molar-refractivity contribution in [3.63, 3.8) is 0 Å². The average Bonchev–Trinajstić information content (AvgIpc) is 2.33. The molecule has 0 saturated heterocycles. The van der Waals surface area contributed by atoms with E-state index >= 15 is 0 Å². The normalized spacial score (nSPS) is 9.53. The Balaban J connectivity index is 2.78. The highest BCUT2D eigenvalue weighted by atomic mass is 35.5. The van der Waals surface area contributed by atoms with Crippen molar-refractivity contribution in [2.75, 3.05) is 18.4 Å². The van der Waals surface area contributed by atoms with Gasteiger partial charge < -0.3 is 15.3 Å². The predicted molar refractivity (Wildman–Crippen MR) is 68.5 cm³/mol. The second-order valence-corrected chi connectivity index (χ2v) is 3.92. The van der Waals surface area contributed by atoms with Crippen LogP contribution in [0.4, 0.5) is 14.9 Å². The topological polar surface area (TPSA) is 69.6 Å². The summed E-state index contributed by atoms with van der Waals surface area (Å²) in [4.78, 5) is 23.2. The summed E-state index contributed by atoms with van der Waals surface area (Å²) in [7, 11) is 0. The molecule has 0 aromatic heterocycles. The van der Waals surface area contributed by atoms with Crippen LogP contribution in [0.2, 0.25) is 5.02 Å². The summed E-state index contributed by atoms with van der Waals surface area (Å²) in [6.07, 6.45) is 5.04. The number of nitrogens with one attached hydrogen (secondary N) is 1. The molecule has 0 saturated carbocycles. The molecule has 5 nitrogen and oxygen atoms in total. The van der Waals surface area contributed by atoms with Crippen LogP contribution in [0.1, 0.15) is 0 Å². The number of urea groups is 1. The molecule has 0 aliphatic carbocycles. The Morgan fingerprint density at radius 2 is 2.21 bits per heavy atom. The lowest BCUT2D eigenvalue weighted by molar-refractivity contribution is -0.137. The van der Waals surface area contributed by atoms with Crippen LogP contribution < -0.4 is 5.32 Å². The van der Waals surface area contributed by atoms with Gasteiger partial charge in [0.05, 0.1) is 11.6 Å². The van der Waals surface area contributed by atoms with Gasteiger partial charge in [0.1, 0.15) is 12.4 Å². The molecule has 1 aromatic carbocycles. The first-order chi connectivity index (χ1) is 8.93. The highest BCUT2D eigenvalue weighted by molar-refractivity contribution is 6.31. The van der Waals surface area contributed by atoms with Crippen LogP contribution in [-0.2, 0) is 4.79 Å². The Hall–Kier alpha value is -2.26. The van der Waals surface area contributed by atoms with Gasteiger partial charge in [-0.1, -0.05) is 17.5 Å². The minimum absolute atomic E-state index is 0.153. The van der Waals surface area contributed by atoms with Crippen molar-refractivity contribution < 1.29 is 19.1 Å². The lowest BCUT2D eigenvalue weighted by Gasteiger charge is -2.18. The number of carbonyl (C=O) groups is 2. The third kappa shape index (κ3) is 4.48. The van der Waals surface area contributed by atoms with E-state index in [1.807, 2.05) is 0 Å². The monoisotopic (exact) mass is 284 g/mol. The molecule has 1 rings (SSSR count). The van der Waals surface area contributed by atoms with Crippen LogP contribution in [0, 0.1) is 18.2 Å². The lowest BCUT2D eigenvalue weighted by Crippen LogP contribution is -2.39. The zero-order valence-corrected chi connectivity index (χ0v) is 10.4. The van der Waals surface area contributed by atoms with E-state index < -0.39 is 24.4 Å². The molecule has 0 radical (unpaired) electrons. The summed E-state index contributed by atoms with van der Waals surface area (Å²) in [5, 5.41) is 10.9. The zero-order chi connectivity index (χ0) is 14.4. The van der Waals surface area contributed by atoms with Gasteiger partial charge in [0, 0.05) is 5.69 Å². The molecule has 0 heterocycles. The van der Waals surface area contributed by atoms with Gasteiger partial charge in [-0.15, -0.1) is 6.42 Å². The standard InChI is InChI=1S/C12H10ClFN2O3/c1-2-5-16(7-11(17)18)12(19)15-8-3-4-10(14)9(13)6-8/h1,3-4,6H,5,7H2,(H,15,19)(H,17,18). The fourth-order valence-corrected chi connectivity index (χ4v) is 1.43. The first kappa shape index (κ1) is 14.8. The predicted octanol–water partition coefficient (Wildman–Crippen LogP) is 2.03. The third-order valence-corrected chi connectivity index (χ3v) is 2.36. The number of aliphatic carboxylic acids is 1. The fraction of sp³-hybridized carbons (Fsp3) is 0.167. The molecule has 100 valence electrons. The van der Waals surface area contributed by atoms with E-state index in [0.29, 0.717) is 0 Å². The molecule has 0 fully saturated rings. The van der Waals surface area contributed by atoms with E-state index in [1.165, 1.54) is 12.1 Å². The van der Waals surface area contributed by atoms with E-state index in [1.54, 1.807) is 0 Å². The Bertz CT molecular complexity index is 542. The molecule has 0 bridgehead atoms. The Kier molecular flexibility index (Phi) is 5.15. The summed E-state index contributed by atoms with van der Waals surface area (Å²) < 4.78 is 12.9. The Labute approximate surface area is 114 Å². The fourth-order valence-electron chi connectivity index (χ4n) is 1.25. The van der Waals surface area contributed by atoms with Crippen LogP contribution >= 0.6 is 11.6 Å². The van der Waals surface area contributed by atoms with E-state index in [2.05, 4.69) is 11.2 Å². The van der Waals surface area contributed by atoms with E-state index in [4.69, 9.17) is 23.1 Å². The smallest absolute Gasteiger partial charge is 0.323 e. The summed E-state index contributed by atoms with van der Waals surface area (Å²) in [6, 6.07) is 2.89. The van der Waals surface area contributed by atoms with Gasteiger partial charge in [-0.25, -0.2) is 9.18 Å². The van der Waals surface area contributed by atoms with Crippen molar-refractivity contribution in [3.8, 4) is 12.3 Å². The molecule has 0 unspecified atom stereocenters. The minimum Gasteiger partial charge on any atom is -0.480 e. The molecule has 0 aliphatic rings. The molecular formula is C12H10ClFN2O3. The number of hydrogen-bond acceptors (Lipinski definition) is 2. The van der Waals surface area contributed by atoms with Crippen molar-refractivity contribution in [2.24, 2.45) is 0 Å². The highest BCUT2D eigenvalue weighted by Crippen LogP contribution is 2.19. The van der Waals surface area contributed by atoms with E-state index in [9.17, 15) is 14.0 Å². The number of hydrogen-bond donors (Lipinski definition) is 2. The molecule has 0 aliphatic heterocycles. The minimum atomic E-state index is -1.19. The molecule has 7 heteroatoms. The molecular weight excluding hydrogens is 275 g/mol. The van der Waals surface area contributed by atoms with Crippen molar-refractivity contribution >= 4 is 29.3 Å². The van der Waals surface area contributed by atoms with Gasteiger partial charge >= 0.3 is 12.0 Å². The molecule has 2 amide bonds. The second-order valence-electron chi connectivity index (χ2n) is 3.51. The summed E-state index contributed by atoms with van der Waals surface area (Å²) in [5.74, 6) is 0.364.